The molecule has 6 nitrogen and oxygen atoms in total. The Balaban J connectivity index is 1.46. The third-order valence-corrected chi connectivity index (χ3v) is 5.06. The van der Waals surface area contributed by atoms with E-state index in [0.29, 0.717) is 32.8 Å². The Labute approximate surface area is 148 Å². The Hall–Kier alpha value is -2.08. The maximum Gasteiger partial charge on any atom is 0.260 e. The Bertz CT molecular complexity index is 632. The Morgan fingerprint density at radius 2 is 1.88 bits per heavy atom. The third-order valence-electron chi connectivity index (χ3n) is 5.06. The van der Waals surface area contributed by atoms with Gasteiger partial charge in [0.05, 0.1) is 0 Å². The van der Waals surface area contributed by atoms with Crippen molar-refractivity contribution in [3.63, 3.8) is 0 Å². The van der Waals surface area contributed by atoms with Crippen molar-refractivity contribution in [2.24, 2.45) is 0 Å². The van der Waals surface area contributed by atoms with Crippen molar-refractivity contribution in [3.8, 4) is 5.75 Å². The van der Waals surface area contributed by atoms with Crippen molar-refractivity contribution in [1.82, 2.24) is 9.80 Å². The van der Waals surface area contributed by atoms with E-state index in [1.165, 1.54) is 0 Å². The number of rotatable bonds is 4. The minimum atomic E-state index is -0.283. The van der Waals surface area contributed by atoms with Crippen LogP contribution >= 0.6 is 0 Å². The van der Waals surface area contributed by atoms with Gasteiger partial charge in [0.1, 0.15) is 11.9 Å². The van der Waals surface area contributed by atoms with Gasteiger partial charge in [-0.15, -0.1) is 0 Å². The first-order valence-corrected chi connectivity index (χ1v) is 8.93. The zero-order chi connectivity index (χ0) is 17.8. The normalized spacial score (nSPS) is 20.6. The quantitative estimate of drug-likeness (QED) is 0.830. The van der Waals surface area contributed by atoms with Crippen LogP contribution in [0, 0.1) is 13.8 Å². The second-order valence-corrected chi connectivity index (χ2v) is 6.69. The number of piperazine rings is 1. The summed E-state index contributed by atoms with van der Waals surface area (Å²) < 4.78 is 11.2. The molecule has 1 aromatic rings. The largest absolute Gasteiger partial charge is 0.483 e. The van der Waals surface area contributed by atoms with Gasteiger partial charge in [0, 0.05) is 32.8 Å². The van der Waals surface area contributed by atoms with E-state index in [-0.39, 0.29) is 24.5 Å². The maximum atomic E-state index is 12.4. The van der Waals surface area contributed by atoms with Crippen LogP contribution in [-0.4, -0.2) is 67.1 Å². The van der Waals surface area contributed by atoms with E-state index in [1.807, 2.05) is 36.9 Å². The van der Waals surface area contributed by atoms with Crippen LogP contribution in [0.4, 0.5) is 0 Å². The fourth-order valence-corrected chi connectivity index (χ4v) is 3.26. The molecular weight excluding hydrogens is 320 g/mol. The van der Waals surface area contributed by atoms with E-state index in [9.17, 15) is 9.59 Å². The van der Waals surface area contributed by atoms with Gasteiger partial charge in [-0.2, -0.15) is 0 Å². The highest BCUT2D eigenvalue weighted by Gasteiger charge is 2.31. The number of hydrogen-bond donors (Lipinski definition) is 0. The molecule has 2 aliphatic rings. The van der Waals surface area contributed by atoms with E-state index in [4.69, 9.17) is 9.47 Å². The zero-order valence-electron chi connectivity index (χ0n) is 15.0. The molecule has 0 aliphatic carbocycles. The van der Waals surface area contributed by atoms with E-state index in [2.05, 4.69) is 0 Å². The van der Waals surface area contributed by atoms with Crippen LogP contribution in [0.25, 0.3) is 0 Å². The molecule has 6 heteroatoms. The average Bonchev–Trinajstić information content (AvgIpc) is 3.17. The predicted molar refractivity (Wildman–Crippen MR) is 93.5 cm³/mol. The summed E-state index contributed by atoms with van der Waals surface area (Å²) in [6, 6.07) is 5.83. The fraction of sp³-hybridized carbons (Fsp3) is 0.579. The predicted octanol–water partition coefficient (Wildman–Crippen LogP) is 1.53. The van der Waals surface area contributed by atoms with Crippen molar-refractivity contribution in [2.45, 2.75) is 32.8 Å². The lowest BCUT2D eigenvalue weighted by atomic mass is 10.1. The standard InChI is InChI=1S/C19H26N2O4/c1-14-5-3-6-16(15(14)2)25-13-18(22)20-8-10-21(11-9-20)19(23)17-7-4-12-24-17/h3,5-6,17H,4,7-13H2,1-2H3. The highest BCUT2D eigenvalue weighted by Crippen LogP contribution is 2.21. The van der Waals surface area contributed by atoms with Gasteiger partial charge in [0.2, 0.25) is 0 Å². The molecule has 0 N–H and O–H groups in total. The lowest BCUT2D eigenvalue weighted by Crippen LogP contribution is -2.53. The number of benzene rings is 1. The minimum absolute atomic E-state index is 0.0317. The van der Waals surface area contributed by atoms with Crippen LogP contribution < -0.4 is 4.74 Å². The van der Waals surface area contributed by atoms with Crippen molar-refractivity contribution in [3.05, 3.63) is 29.3 Å². The lowest BCUT2D eigenvalue weighted by molar-refractivity contribution is -0.146. The summed E-state index contributed by atoms with van der Waals surface area (Å²) >= 11 is 0. The number of carbonyl (C=O) groups is 2. The van der Waals surface area contributed by atoms with E-state index in [1.54, 1.807) is 4.90 Å². The van der Waals surface area contributed by atoms with Gasteiger partial charge in [0.15, 0.2) is 6.61 Å². The molecule has 2 heterocycles. The SMILES string of the molecule is Cc1cccc(OCC(=O)N2CCN(C(=O)C3CCCO3)CC2)c1C. The third kappa shape index (κ3) is 4.12. The van der Waals surface area contributed by atoms with Gasteiger partial charge in [-0.1, -0.05) is 12.1 Å². The average molecular weight is 346 g/mol. The first-order chi connectivity index (χ1) is 12.1. The van der Waals surface area contributed by atoms with E-state index >= 15 is 0 Å². The van der Waals surface area contributed by atoms with Crippen LogP contribution in [-0.2, 0) is 14.3 Å². The second kappa shape index (κ2) is 7.87. The van der Waals surface area contributed by atoms with Crippen LogP contribution in [0.5, 0.6) is 5.75 Å². The second-order valence-electron chi connectivity index (χ2n) is 6.69. The van der Waals surface area contributed by atoms with Gasteiger partial charge in [-0.3, -0.25) is 9.59 Å². The number of amides is 2. The summed E-state index contributed by atoms with van der Waals surface area (Å²) in [5.41, 5.74) is 2.20. The number of carbonyl (C=O) groups excluding carboxylic acids is 2. The summed E-state index contributed by atoms with van der Waals surface area (Å²) in [6.07, 6.45) is 1.47. The Kier molecular flexibility index (Phi) is 5.58. The van der Waals surface area contributed by atoms with Gasteiger partial charge in [0.25, 0.3) is 11.8 Å². The number of hydrogen-bond acceptors (Lipinski definition) is 4. The van der Waals surface area contributed by atoms with Crippen molar-refractivity contribution in [2.75, 3.05) is 39.4 Å². The maximum absolute atomic E-state index is 12.4. The molecular formula is C19H26N2O4. The smallest absolute Gasteiger partial charge is 0.260 e. The van der Waals surface area contributed by atoms with Crippen LogP contribution in [0.3, 0.4) is 0 Å². The monoisotopic (exact) mass is 346 g/mol. The Morgan fingerprint density at radius 3 is 2.56 bits per heavy atom. The molecule has 1 atom stereocenters. The summed E-state index contributed by atoms with van der Waals surface area (Å²) in [5.74, 6) is 0.780. The van der Waals surface area contributed by atoms with Crippen LogP contribution in [0.2, 0.25) is 0 Å². The summed E-state index contributed by atoms with van der Waals surface area (Å²) in [6.45, 7) is 6.94. The topological polar surface area (TPSA) is 59.1 Å². The lowest BCUT2D eigenvalue weighted by Gasteiger charge is -2.35. The zero-order valence-corrected chi connectivity index (χ0v) is 15.0. The molecule has 0 saturated carbocycles. The number of nitrogens with zero attached hydrogens (tertiary/aromatic N) is 2. The molecule has 1 unspecified atom stereocenters. The molecule has 2 aliphatic heterocycles. The molecule has 136 valence electrons. The minimum Gasteiger partial charge on any atom is -0.483 e. The Morgan fingerprint density at radius 1 is 1.16 bits per heavy atom. The molecule has 25 heavy (non-hydrogen) atoms. The first kappa shape index (κ1) is 17.7. The van der Waals surface area contributed by atoms with Crippen molar-refractivity contribution >= 4 is 11.8 Å². The number of aryl methyl sites for hydroxylation is 1. The molecule has 1 aromatic carbocycles. The van der Waals surface area contributed by atoms with Gasteiger partial charge in [-0.25, -0.2) is 0 Å². The van der Waals surface area contributed by atoms with E-state index in [0.717, 1.165) is 29.7 Å². The number of ether oxygens (including phenoxy) is 2. The fourth-order valence-electron chi connectivity index (χ4n) is 3.26. The molecule has 0 spiro atoms. The molecule has 3 rings (SSSR count). The summed E-state index contributed by atoms with van der Waals surface area (Å²) in [5, 5.41) is 0. The van der Waals surface area contributed by atoms with Crippen LogP contribution in [0.15, 0.2) is 18.2 Å². The highest BCUT2D eigenvalue weighted by atomic mass is 16.5. The van der Waals surface area contributed by atoms with E-state index < -0.39 is 0 Å². The van der Waals surface area contributed by atoms with Gasteiger partial charge >= 0.3 is 0 Å². The summed E-state index contributed by atoms with van der Waals surface area (Å²) in [7, 11) is 0. The van der Waals surface area contributed by atoms with Gasteiger partial charge in [-0.05, 0) is 43.9 Å². The molecule has 2 fully saturated rings. The molecule has 2 saturated heterocycles. The van der Waals surface area contributed by atoms with Gasteiger partial charge < -0.3 is 19.3 Å². The molecule has 0 radical (unpaired) electrons. The highest BCUT2D eigenvalue weighted by molar-refractivity contribution is 5.82. The van der Waals surface area contributed by atoms with Crippen molar-refractivity contribution < 1.29 is 19.1 Å². The molecule has 0 aromatic heterocycles. The van der Waals surface area contributed by atoms with Crippen molar-refractivity contribution in [1.29, 1.82) is 0 Å². The first-order valence-electron chi connectivity index (χ1n) is 8.93. The summed E-state index contributed by atoms with van der Waals surface area (Å²) in [4.78, 5) is 28.3. The molecule has 2 amide bonds. The van der Waals surface area contributed by atoms with Crippen LogP contribution in [0.1, 0.15) is 24.0 Å². The molecule has 0 bridgehead atoms.